The van der Waals surface area contributed by atoms with E-state index in [-0.39, 0.29) is 5.41 Å². The van der Waals surface area contributed by atoms with Crippen LogP contribution in [0.2, 0.25) is 0 Å². The van der Waals surface area contributed by atoms with Crippen molar-refractivity contribution in [2.24, 2.45) is 11.1 Å². The van der Waals surface area contributed by atoms with Crippen LogP contribution in [0.25, 0.3) is 0 Å². The van der Waals surface area contributed by atoms with E-state index in [9.17, 15) is 0 Å². The highest BCUT2D eigenvalue weighted by Crippen LogP contribution is 2.18. The summed E-state index contributed by atoms with van der Waals surface area (Å²) in [7, 11) is 1.83. The molecule has 0 aliphatic heterocycles. The highest BCUT2D eigenvalue weighted by Gasteiger charge is 2.20. The third kappa shape index (κ3) is 3.92. The lowest BCUT2D eigenvalue weighted by molar-refractivity contribution is 0.564. The van der Waals surface area contributed by atoms with Crippen LogP contribution in [0.1, 0.15) is 34.6 Å². The monoisotopic (exact) mass is 197 g/mol. The standard InChI is InChI=1S/C11H23N3/c1-10(2,3)8(12)7-9(14-6)11(4,5)13/h7,12,14H,13H2,1-6H3/b9-7-,12-8?. The van der Waals surface area contributed by atoms with Crippen molar-refractivity contribution in [2.75, 3.05) is 7.05 Å². The van der Waals surface area contributed by atoms with Gasteiger partial charge in [-0.1, -0.05) is 20.8 Å². The minimum absolute atomic E-state index is 0.132. The van der Waals surface area contributed by atoms with E-state index in [0.29, 0.717) is 5.71 Å². The van der Waals surface area contributed by atoms with Crippen molar-refractivity contribution < 1.29 is 0 Å². The Hall–Kier alpha value is -0.830. The molecule has 0 spiro atoms. The highest BCUT2D eigenvalue weighted by molar-refractivity contribution is 5.97. The lowest BCUT2D eigenvalue weighted by Crippen LogP contribution is -2.40. The fraction of sp³-hybridized carbons (Fsp3) is 0.727. The van der Waals surface area contributed by atoms with Gasteiger partial charge in [0.2, 0.25) is 0 Å². The van der Waals surface area contributed by atoms with Gasteiger partial charge in [-0.2, -0.15) is 0 Å². The van der Waals surface area contributed by atoms with E-state index in [1.54, 1.807) is 0 Å². The Morgan fingerprint density at radius 2 is 1.64 bits per heavy atom. The predicted molar refractivity (Wildman–Crippen MR) is 62.6 cm³/mol. The highest BCUT2D eigenvalue weighted by atomic mass is 14.9. The molecule has 0 amide bonds. The van der Waals surface area contributed by atoms with Gasteiger partial charge < -0.3 is 16.5 Å². The van der Waals surface area contributed by atoms with Crippen molar-refractivity contribution in [3.63, 3.8) is 0 Å². The van der Waals surface area contributed by atoms with Crippen molar-refractivity contribution in [3.05, 3.63) is 11.8 Å². The van der Waals surface area contributed by atoms with Crippen LogP contribution in [0.15, 0.2) is 11.8 Å². The molecule has 0 unspecified atom stereocenters. The Bertz CT molecular complexity index is 238. The van der Waals surface area contributed by atoms with E-state index >= 15 is 0 Å². The zero-order valence-corrected chi connectivity index (χ0v) is 10.2. The molecule has 0 radical (unpaired) electrons. The molecule has 0 saturated carbocycles. The van der Waals surface area contributed by atoms with Crippen molar-refractivity contribution in [1.82, 2.24) is 5.32 Å². The fourth-order valence-electron chi connectivity index (χ4n) is 0.941. The van der Waals surface area contributed by atoms with E-state index in [4.69, 9.17) is 11.1 Å². The second-order valence-electron chi connectivity index (χ2n) is 5.19. The molecule has 14 heavy (non-hydrogen) atoms. The Morgan fingerprint density at radius 3 is 1.86 bits per heavy atom. The van der Waals surface area contributed by atoms with Crippen molar-refractivity contribution >= 4 is 5.71 Å². The van der Waals surface area contributed by atoms with Crippen LogP contribution in [0.4, 0.5) is 0 Å². The van der Waals surface area contributed by atoms with Gasteiger partial charge in [0.25, 0.3) is 0 Å². The predicted octanol–water partition coefficient (Wildman–Crippen LogP) is 1.89. The smallest absolute Gasteiger partial charge is 0.0501 e. The lowest BCUT2D eigenvalue weighted by atomic mass is 9.88. The van der Waals surface area contributed by atoms with Crippen LogP contribution < -0.4 is 11.1 Å². The molecule has 0 fully saturated rings. The van der Waals surface area contributed by atoms with Gasteiger partial charge >= 0.3 is 0 Å². The molecule has 0 heterocycles. The van der Waals surface area contributed by atoms with Gasteiger partial charge in [0.1, 0.15) is 0 Å². The molecule has 0 aromatic carbocycles. The normalized spacial score (nSPS) is 14.1. The molecule has 0 aromatic rings. The molecule has 0 saturated heterocycles. The summed E-state index contributed by atoms with van der Waals surface area (Å²) < 4.78 is 0. The Kier molecular flexibility index (Phi) is 3.89. The summed E-state index contributed by atoms with van der Waals surface area (Å²) >= 11 is 0. The topological polar surface area (TPSA) is 61.9 Å². The van der Waals surface area contributed by atoms with Crippen molar-refractivity contribution in [1.29, 1.82) is 5.41 Å². The molecule has 0 atom stereocenters. The molecule has 0 aromatic heterocycles. The Balaban J connectivity index is 4.89. The first kappa shape index (κ1) is 13.2. The molecular weight excluding hydrogens is 174 g/mol. The number of hydrogen-bond donors (Lipinski definition) is 3. The van der Waals surface area contributed by atoms with E-state index in [1.165, 1.54) is 0 Å². The molecule has 0 aliphatic carbocycles. The number of allylic oxidation sites excluding steroid dienone is 1. The third-order valence-electron chi connectivity index (χ3n) is 2.06. The van der Waals surface area contributed by atoms with Gasteiger partial charge in [0, 0.05) is 23.9 Å². The zero-order chi connectivity index (χ0) is 11.6. The van der Waals surface area contributed by atoms with Crippen molar-refractivity contribution in [3.8, 4) is 0 Å². The lowest BCUT2D eigenvalue weighted by Gasteiger charge is -2.25. The van der Waals surface area contributed by atoms with Crippen LogP contribution in [0, 0.1) is 10.8 Å². The van der Waals surface area contributed by atoms with E-state index in [2.05, 4.69) is 5.32 Å². The van der Waals surface area contributed by atoms with Gasteiger partial charge in [-0.25, -0.2) is 0 Å². The number of nitrogens with one attached hydrogen (secondary N) is 2. The summed E-state index contributed by atoms with van der Waals surface area (Å²) in [4.78, 5) is 0. The van der Waals surface area contributed by atoms with Crippen LogP contribution >= 0.6 is 0 Å². The number of rotatable bonds is 3. The van der Waals surface area contributed by atoms with E-state index in [0.717, 1.165) is 5.70 Å². The summed E-state index contributed by atoms with van der Waals surface area (Å²) in [6, 6.07) is 0. The first-order chi connectivity index (χ1) is 6.09. The molecule has 0 aliphatic rings. The Morgan fingerprint density at radius 1 is 1.21 bits per heavy atom. The first-order valence-electron chi connectivity index (χ1n) is 4.87. The van der Waals surface area contributed by atoms with Crippen molar-refractivity contribution in [2.45, 2.75) is 40.2 Å². The zero-order valence-electron chi connectivity index (χ0n) is 10.2. The van der Waals surface area contributed by atoms with Gasteiger partial charge in [-0.05, 0) is 19.9 Å². The van der Waals surface area contributed by atoms with Gasteiger partial charge in [-0.3, -0.25) is 0 Å². The number of nitrogens with two attached hydrogens (primary N) is 1. The molecular formula is C11H23N3. The molecule has 0 rings (SSSR count). The molecule has 3 nitrogen and oxygen atoms in total. The minimum atomic E-state index is -0.424. The maximum absolute atomic E-state index is 7.88. The van der Waals surface area contributed by atoms with Gasteiger partial charge in [-0.15, -0.1) is 0 Å². The van der Waals surface area contributed by atoms with Crippen LogP contribution in [0.5, 0.6) is 0 Å². The summed E-state index contributed by atoms with van der Waals surface area (Å²) in [6.45, 7) is 9.89. The first-order valence-corrected chi connectivity index (χ1v) is 4.87. The summed E-state index contributed by atoms with van der Waals surface area (Å²) in [6.07, 6.45) is 1.82. The fourth-order valence-corrected chi connectivity index (χ4v) is 0.941. The van der Waals surface area contributed by atoms with Crippen LogP contribution in [0.3, 0.4) is 0 Å². The SMILES string of the molecule is CN/C(=C\C(=N)C(C)(C)C)C(C)(C)N. The van der Waals surface area contributed by atoms with Crippen LogP contribution in [-0.2, 0) is 0 Å². The van der Waals surface area contributed by atoms with Gasteiger partial charge in [0.15, 0.2) is 0 Å². The molecule has 4 N–H and O–H groups in total. The van der Waals surface area contributed by atoms with Gasteiger partial charge in [0.05, 0.1) is 5.54 Å². The third-order valence-corrected chi connectivity index (χ3v) is 2.06. The van der Waals surface area contributed by atoms with Crippen LogP contribution in [-0.4, -0.2) is 18.3 Å². The maximum Gasteiger partial charge on any atom is 0.0501 e. The number of likely N-dealkylation sites (N-methyl/N-ethyl adjacent to an activating group) is 1. The second-order valence-corrected chi connectivity index (χ2v) is 5.19. The number of hydrogen-bond acceptors (Lipinski definition) is 3. The molecule has 0 bridgehead atoms. The summed E-state index contributed by atoms with van der Waals surface area (Å²) in [5, 5.41) is 10.9. The summed E-state index contributed by atoms with van der Waals surface area (Å²) in [5.41, 5.74) is 6.87. The van der Waals surface area contributed by atoms with E-state index in [1.807, 2.05) is 47.7 Å². The molecule has 3 heteroatoms. The Labute approximate surface area is 87.3 Å². The average Bonchev–Trinajstić information content (AvgIpc) is 1.95. The molecule has 82 valence electrons. The largest absolute Gasteiger partial charge is 0.390 e. The average molecular weight is 197 g/mol. The van der Waals surface area contributed by atoms with E-state index < -0.39 is 5.54 Å². The quantitative estimate of drug-likeness (QED) is 0.605. The minimum Gasteiger partial charge on any atom is -0.390 e. The summed E-state index contributed by atoms with van der Waals surface area (Å²) in [5.74, 6) is 0. The maximum atomic E-state index is 7.88. The second kappa shape index (κ2) is 4.13.